The van der Waals surface area contributed by atoms with Crippen LogP contribution in [0.1, 0.15) is 12.0 Å². The summed E-state index contributed by atoms with van der Waals surface area (Å²) in [5.41, 5.74) is 1.96. The van der Waals surface area contributed by atoms with E-state index in [-0.39, 0.29) is 0 Å². The molecule has 1 atom stereocenters. The van der Waals surface area contributed by atoms with E-state index in [9.17, 15) is 5.11 Å². The second-order valence-corrected chi connectivity index (χ2v) is 3.96. The molecule has 0 amide bonds. The van der Waals surface area contributed by atoms with E-state index < -0.39 is 6.29 Å². The summed E-state index contributed by atoms with van der Waals surface area (Å²) in [6.07, 6.45) is 7.65. The van der Waals surface area contributed by atoms with Crippen molar-refractivity contribution in [3.05, 3.63) is 46.9 Å². The Kier molecular flexibility index (Phi) is 1.98. The van der Waals surface area contributed by atoms with Crippen LogP contribution in [0.4, 0.5) is 0 Å². The lowest BCUT2D eigenvalue weighted by Crippen LogP contribution is -2.13. The fourth-order valence-electron chi connectivity index (χ4n) is 2.24. The Morgan fingerprint density at radius 1 is 1.44 bits per heavy atom. The predicted octanol–water partition coefficient (Wildman–Crippen LogP) is 0.931. The van der Waals surface area contributed by atoms with E-state index in [1.165, 1.54) is 0 Å². The lowest BCUT2D eigenvalue weighted by Gasteiger charge is -2.07. The normalized spacial score (nSPS) is 20.1. The van der Waals surface area contributed by atoms with E-state index in [4.69, 9.17) is 4.74 Å². The van der Waals surface area contributed by atoms with Crippen molar-refractivity contribution in [1.29, 1.82) is 0 Å². The van der Waals surface area contributed by atoms with Crippen LogP contribution in [-0.4, -0.2) is 11.4 Å². The van der Waals surface area contributed by atoms with Gasteiger partial charge in [0.2, 0.25) is 6.29 Å². The number of rotatable bonds is 2. The van der Waals surface area contributed by atoms with Crippen LogP contribution in [0.5, 0.6) is 5.75 Å². The van der Waals surface area contributed by atoms with Gasteiger partial charge in [-0.15, -0.1) is 6.58 Å². The number of hydrogen-bond acceptors (Lipinski definition) is 2. The number of benzene rings is 1. The third kappa shape index (κ3) is 1.17. The minimum atomic E-state index is -0.825. The highest BCUT2D eigenvalue weighted by atomic mass is 16.6. The molecule has 0 radical (unpaired) electrons. The summed E-state index contributed by atoms with van der Waals surface area (Å²) in [4.78, 5) is 0. The van der Waals surface area contributed by atoms with Crippen molar-refractivity contribution in [2.75, 3.05) is 0 Å². The number of allylic oxidation sites excluding steroid dienone is 2. The molecule has 0 aromatic heterocycles. The van der Waals surface area contributed by atoms with Crippen LogP contribution in [0.2, 0.25) is 0 Å². The highest BCUT2D eigenvalue weighted by molar-refractivity contribution is 5.73. The maximum absolute atomic E-state index is 9.83. The quantitative estimate of drug-likeness (QED) is 0.739. The zero-order valence-corrected chi connectivity index (χ0v) is 8.81. The van der Waals surface area contributed by atoms with Gasteiger partial charge in [0.25, 0.3) is 0 Å². The summed E-state index contributed by atoms with van der Waals surface area (Å²) >= 11 is 0. The Bertz CT molecular complexity index is 608. The summed E-state index contributed by atoms with van der Waals surface area (Å²) in [5.74, 6) is 0.798. The van der Waals surface area contributed by atoms with Crippen molar-refractivity contribution in [3.8, 4) is 5.75 Å². The Morgan fingerprint density at radius 2 is 2.31 bits per heavy atom. The lowest BCUT2D eigenvalue weighted by molar-refractivity contribution is 0.0389. The zero-order chi connectivity index (χ0) is 11.1. The molecule has 1 aliphatic heterocycles. The standard InChI is InChI=1S/C14H12O2/c1-2-4-12-11-8-7-9-5-3-6-10(9)13(11)16-14(12)15/h2-3,5-8,14-15H,1,4H2. The molecule has 1 aromatic carbocycles. The van der Waals surface area contributed by atoms with Crippen LogP contribution in [0.15, 0.2) is 30.9 Å². The summed E-state index contributed by atoms with van der Waals surface area (Å²) in [6.45, 7) is 3.70. The highest BCUT2D eigenvalue weighted by Gasteiger charge is 2.24. The van der Waals surface area contributed by atoms with Crippen LogP contribution in [0.3, 0.4) is 0 Å². The van der Waals surface area contributed by atoms with Crippen molar-refractivity contribution in [2.45, 2.75) is 12.7 Å². The Morgan fingerprint density at radius 3 is 3.12 bits per heavy atom. The molecule has 1 aromatic rings. The first-order valence-electron chi connectivity index (χ1n) is 5.31. The lowest BCUT2D eigenvalue weighted by atomic mass is 10.1. The van der Waals surface area contributed by atoms with Gasteiger partial charge in [0.1, 0.15) is 5.75 Å². The highest BCUT2D eigenvalue weighted by Crippen LogP contribution is 2.25. The van der Waals surface area contributed by atoms with Gasteiger partial charge in [-0.1, -0.05) is 36.4 Å². The number of ether oxygens (including phenoxy) is 1. The maximum atomic E-state index is 9.83. The fourth-order valence-corrected chi connectivity index (χ4v) is 2.24. The molecule has 1 heterocycles. The molecule has 3 rings (SSSR count). The monoisotopic (exact) mass is 212 g/mol. The van der Waals surface area contributed by atoms with Crippen molar-refractivity contribution in [3.63, 3.8) is 0 Å². The summed E-state index contributed by atoms with van der Waals surface area (Å²) in [5, 5.41) is 12.0. The molecule has 80 valence electrons. The first-order valence-corrected chi connectivity index (χ1v) is 5.31. The molecule has 0 saturated carbocycles. The molecule has 0 fully saturated rings. The molecular formula is C14H12O2. The van der Waals surface area contributed by atoms with E-state index >= 15 is 0 Å². The second-order valence-electron chi connectivity index (χ2n) is 3.96. The van der Waals surface area contributed by atoms with Gasteiger partial charge >= 0.3 is 0 Å². The summed E-state index contributed by atoms with van der Waals surface area (Å²) in [6, 6.07) is 4.06. The van der Waals surface area contributed by atoms with Gasteiger partial charge in [0.05, 0.1) is 0 Å². The molecular weight excluding hydrogens is 200 g/mol. The molecule has 0 bridgehead atoms. The van der Waals surface area contributed by atoms with Gasteiger partial charge in [-0.2, -0.15) is 0 Å². The van der Waals surface area contributed by atoms with Crippen molar-refractivity contribution in [1.82, 2.24) is 0 Å². The van der Waals surface area contributed by atoms with E-state index in [1.807, 2.05) is 24.3 Å². The fraction of sp³-hybridized carbons (Fsp3) is 0.143. The molecule has 1 aliphatic carbocycles. The van der Waals surface area contributed by atoms with Crippen LogP contribution in [0.25, 0.3) is 17.7 Å². The van der Waals surface area contributed by atoms with Crippen molar-refractivity contribution < 1.29 is 9.84 Å². The predicted molar refractivity (Wildman–Crippen MR) is 64.0 cm³/mol. The molecule has 0 spiro atoms. The minimum absolute atomic E-state index is 0.653. The average Bonchev–Trinajstić information content (AvgIpc) is 2.84. The number of aliphatic hydroxyl groups is 1. The van der Waals surface area contributed by atoms with E-state index in [0.717, 1.165) is 27.3 Å². The molecule has 0 saturated heterocycles. The molecule has 1 unspecified atom stereocenters. The Hall–Kier alpha value is -1.80. The van der Waals surface area contributed by atoms with Crippen LogP contribution in [0, 0.1) is 0 Å². The van der Waals surface area contributed by atoms with Crippen molar-refractivity contribution in [2.24, 2.45) is 0 Å². The van der Waals surface area contributed by atoms with Crippen LogP contribution in [-0.2, 0) is 0 Å². The van der Waals surface area contributed by atoms with Gasteiger partial charge in [-0.05, 0) is 11.6 Å². The van der Waals surface area contributed by atoms with Gasteiger partial charge in [0, 0.05) is 16.4 Å². The van der Waals surface area contributed by atoms with Crippen molar-refractivity contribution >= 4 is 17.7 Å². The molecule has 2 nitrogen and oxygen atoms in total. The Labute approximate surface area is 93.5 Å². The number of hydrogen-bond donors (Lipinski definition) is 1. The summed E-state index contributed by atoms with van der Waals surface area (Å²) < 4.78 is 5.51. The van der Waals surface area contributed by atoms with Crippen LogP contribution >= 0.6 is 0 Å². The molecule has 2 aliphatic rings. The van der Waals surface area contributed by atoms with Gasteiger partial charge < -0.3 is 9.84 Å². The van der Waals surface area contributed by atoms with Gasteiger partial charge in [0.15, 0.2) is 0 Å². The third-order valence-electron chi connectivity index (χ3n) is 3.01. The Balaban J connectivity index is 2.31. The molecule has 16 heavy (non-hydrogen) atoms. The average molecular weight is 212 g/mol. The smallest absolute Gasteiger partial charge is 0.221 e. The van der Waals surface area contributed by atoms with E-state index in [1.54, 1.807) is 6.08 Å². The van der Waals surface area contributed by atoms with Gasteiger partial charge in [-0.3, -0.25) is 0 Å². The first kappa shape index (κ1) is 9.43. The maximum Gasteiger partial charge on any atom is 0.221 e. The second kappa shape index (κ2) is 3.35. The zero-order valence-electron chi connectivity index (χ0n) is 8.81. The largest absolute Gasteiger partial charge is 0.460 e. The first-order chi connectivity index (χ1) is 7.81. The van der Waals surface area contributed by atoms with Crippen LogP contribution < -0.4 is 15.2 Å². The molecule has 2 heteroatoms. The number of fused-ring (bicyclic) bond motifs is 3. The van der Waals surface area contributed by atoms with Gasteiger partial charge in [-0.25, -0.2) is 0 Å². The van der Waals surface area contributed by atoms with E-state index in [2.05, 4.69) is 12.6 Å². The molecule has 1 N–H and O–H groups in total. The topological polar surface area (TPSA) is 29.5 Å². The number of aliphatic hydroxyl groups excluding tert-OH is 1. The minimum Gasteiger partial charge on any atom is -0.460 e. The van der Waals surface area contributed by atoms with E-state index in [0.29, 0.717) is 6.42 Å². The third-order valence-corrected chi connectivity index (χ3v) is 3.01. The SMILES string of the molecule is C=CCC1=c2ccc3c(c2OC1O)C=CC=3. The summed E-state index contributed by atoms with van der Waals surface area (Å²) in [7, 11) is 0.